The fourth-order valence-corrected chi connectivity index (χ4v) is 3.66. The van der Waals surface area contributed by atoms with Gasteiger partial charge in [-0.05, 0) is 44.6 Å². The van der Waals surface area contributed by atoms with Crippen molar-refractivity contribution in [3.8, 4) is 0 Å². The van der Waals surface area contributed by atoms with E-state index in [9.17, 15) is 12.8 Å². The molecular formula is C19H25FN2O2S. The molecule has 1 unspecified atom stereocenters. The van der Waals surface area contributed by atoms with Crippen molar-refractivity contribution in [3.05, 3.63) is 71.0 Å². The van der Waals surface area contributed by atoms with E-state index in [1.54, 1.807) is 18.2 Å². The minimum absolute atomic E-state index is 0.0659. The van der Waals surface area contributed by atoms with Crippen molar-refractivity contribution in [2.24, 2.45) is 0 Å². The summed E-state index contributed by atoms with van der Waals surface area (Å²) in [4.78, 5) is 1.98. The lowest BCUT2D eigenvalue weighted by Crippen LogP contribution is -2.36. The number of likely N-dealkylation sites (N-methyl/N-ethyl adjacent to an activating group) is 1. The van der Waals surface area contributed by atoms with E-state index >= 15 is 0 Å². The summed E-state index contributed by atoms with van der Waals surface area (Å²) in [5.41, 5.74) is 2.62. The van der Waals surface area contributed by atoms with Gasteiger partial charge < -0.3 is 4.90 Å². The van der Waals surface area contributed by atoms with E-state index in [2.05, 4.69) is 4.72 Å². The highest BCUT2D eigenvalue weighted by molar-refractivity contribution is 7.89. The Morgan fingerprint density at radius 3 is 2.32 bits per heavy atom. The molecule has 6 heteroatoms. The molecule has 1 atom stereocenters. The first-order valence-electron chi connectivity index (χ1n) is 8.22. The Kier molecular flexibility index (Phi) is 6.70. The van der Waals surface area contributed by atoms with Gasteiger partial charge >= 0.3 is 0 Å². The summed E-state index contributed by atoms with van der Waals surface area (Å²) in [5.74, 6) is -0.509. The summed E-state index contributed by atoms with van der Waals surface area (Å²) in [7, 11) is 0.345. The standard InChI is InChI=1S/C19H25FN2O2S/c1-15-8-10-17(11-9-15)19(22(2)3)14-21-25(23,24)13-12-16-6-4-5-7-18(16)20/h4-11,19,21H,12-14H2,1-3H3. The van der Waals surface area contributed by atoms with Gasteiger partial charge in [0.05, 0.1) is 5.75 Å². The summed E-state index contributed by atoms with van der Waals surface area (Å²) in [6, 6.07) is 14.2. The van der Waals surface area contributed by atoms with Crippen LogP contribution in [-0.4, -0.2) is 39.7 Å². The lowest BCUT2D eigenvalue weighted by molar-refractivity contribution is 0.299. The van der Waals surface area contributed by atoms with E-state index in [1.807, 2.05) is 50.2 Å². The lowest BCUT2D eigenvalue weighted by Gasteiger charge is -2.25. The van der Waals surface area contributed by atoms with Crippen molar-refractivity contribution in [2.45, 2.75) is 19.4 Å². The van der Waals surface area contributed by atoms with Gasteiger partial charge in [0.15, 0.2) is 0 Å². The second-order valence-corrected chi connectivity index (χ2v) is 8.33. The number of nitrogens with zero attached hydrogens (tertiary/aromatic N) is 1. The smallest absolute Gasteiger partial charge is 0.211 e. The Morgan fingerprint density at radius 2 is 1.72 bits per heavy atom. The molecule has 2 rings (SSSR count). The van der Waals surface area contributed by atoms with Crippen LogP contribution in [0.5, 0.6) is 0 Å². The van der Waals surface area contributed by atoms with Crippen molar-refractivity contribution < 1.29 is 12.8 Å². The predicted octanol–water partition coefficient (Wildman–Crippen LogP) is 2.90. The molecule has 136 valence electrons. The van der Waals surface area contributed by atoms with Gasteiger partial charge in [-0.15, -0.1) is 0 Å². The van der Waals surface area contributed by atoms with Gasteiger partial charge in [0, 0.05) is 12.6 Å². The third kappa shape index (κ3) is 5.92. The number of benzene rings is 2. The Balaban J connectivity index is 1.99. The second kappa shape index (κ2) is 8.56. The third-order valence-corrected chi connectivity index (χ3v) is 5.53. The molecule has 0 radical (unpaired) electrons. The molecule has 0 heterocycles. The van der Waals surface area contributed by atoms with Crippen molar-refractivity contribution in [2.75, 3.05) is 26.4 Å². The van der Waals surface area contributed by atoms with Crippen LogP contribution >= 0.6 is 0 Å². The number of sulfonamides is 1. The normalized spacial score (nSPS) is 13.2. The monoisotopic (exact) mass is 364 g/mol. The summed E-state index contributed by atoms with van der Waals surface area (Å²) in [6.45, 7) is 2.29. The van der Waals surface area contributed by atoms with Gasteiger partial charge in [-0.25, -0.2) is 17.5 Å². The van der Waals surface area contributed by atoms with Crippen molar-refractivity contribution in [1.29, 1.82) is 0 Å². The maximum Gasteiger partial charge on any atom is 0.211 e. The number of aryl methyl sites for hydroxylation is 2. The Bertz CT molecular complexity index is 789. The van der Waals surface area contributed by atoms with Crippen molar-refractivity contribution in [3.63, 3.8) is 0 Å². The minimum atomic E-state index is -3.48. The molecule has 2 aromatic rings. The third-order valence-electron chi connectivity index (χ3n) is 4.18. The van der Waals surface area contributed by atoms with E-state index in [0.29, 0.717) is 5.56 Å². The Labute approximate surface area is 149 Å². The maximum absolute atomic E-state index is 13.6. The van der Waals surface area contributed by atoms with Crippen LogP contribution in [0.15, 0.2) is 48.5 Å². The molecular weight excluding hydrogens is 339 g/mol. The largest absolute Gasteiger partial charge is 0.301 e. The van der Waals surface area contributed by atoms with E-state index in [1.165, 1.54) is 6.07 Å². The van der Waals surface area contributed by atoms with E-state index in [4.69, 9.17) is 0 Å². The van der Waals surface area contributed by atoms with Gasteiger partial charge in [0.25, 0.3) is 0 Å². The van der Waals surface area contributed by atoms with Crippen LogP contribution in [0.4, 0.5) is 4.39 Å². The SMILES string of the molecule is Cc1ccc(C(CNS(=O)(=O)CCc2ccccc2F)N(C)C)cc1. The summed E-state index contributed by atoms with van der Waals surface area (Å²) >= 11 is 0. The summed E-state index contributed by atoms with van der Waals surface area (Å²) in [6.07, 6.45) is 0.152. The number of halogens is 1. The maximum atomic E-state index is 13.6. The highest BCUT2D eigenvalue weighted by Crippen LogP contribution is 2.18. The van der Waals surface area contributed by atoms with E-state index in [0.717, 1.165) is 11.1 Å². The molecule has 0 saturated carbocycles. The lowest BCUT2D eigenvalue weighted by atomic mass is 10.0. The topological polar surface area (TPSA) is 49.4 Å². The molecule has 0 amide bonds. The predicted molar refractivity (Wildman–Crippen MR) is 99.5 cm³/mol. The zero-order valence-electron chi connectivity index (χ0n) is 14.9. The fraction of sp³-hybridized carbons (Fsp3) is 0.368. The van der Waals surface area contributed by atoms with Gasteiger partial charge in [-0.3, -0.25) is 0 Å². The number of hydrogen-bond acceptors (Lipinski definition) is 3. The molecule has 0 aliphatic carbocycles. The molecule has 4 nitrogen and oxygen atoms in total. The Morgan fingerprint density at radius 1 is 1.08 bits per heavy atom. The fourth-order valence-electron chi connectivity index (χ4n) is 2.61. The first kappa shape index (κ1) is 19.6. The zero-order chi connectivity index (χ0) is 18.4. The van der Waals surface area contributed by atoms with E-state index in [-0.39, 0.29) is 30.6 Å². The molecule has 25 heavy (non-hydrogen) atoms. The van der Waals surface area contributed by atoms with Gasteiger partial charge in [0.1, 0.15) is 5.82 Å². The highest BCUT2D eigenvalue weighted by atomic mass is 32.2. The molecule has 0 aliphatic heterocycles. The number of nitrogens with one attached hydrogen (secondary N) is 1. The van der Waals surface area contributed by atoms with Crippen LogP contribution in [0.3, 0.4) is 0 Å². The van der Waals surface area contributed by atoms with Crippen LogP contribution in [0, 0.1) is 12.7 Å². The molecule has 2 aromatic carbocycles. The molecule has 0 fully saturated rings. The number of hydrogen-bond donors (Lipinski definition) is 1. The Hall–Kier alpha value is -1.76. The second-order valence-electron chi connectivity index (χ2n) is 6.40. The minimum Gasteiger partial charge on any atom is -0.301 e. The van der Waals surface area contributed by atoms with Crippen LogP contribution in [-0.2, 0) is 16.4 Å². The molecule has 0 spiro atoms. The average Bonchev–Trinajstić information content (AvgIpc) is 2.55. The number of rotatable bonds is 8. The molecule has 0 aromatic heterocycles. The first-order valence-corrected chi connectivity index (χ1v) is 9.87. The van der Waals surface area contributed by atoms with Gasteiger partial charge in [-0.1, -0.05) is 48.0 Å². The molecule has 0 aliphatic rings. The molecule has 0 saturated heterocycles. The molecule has 0 bridgehead atoms. The van der Waals surface area contributed by atoms with Crippen LogP contribution in [0.25, 0.3) is 0 Å². The van der Waals surface area contributed by atoms with Gasteiger partial charge in [0.2, 0.25) is 10.0 Å². The average molecular weight is 364 g/mol. The van der Waals surface area contributed by atoms with Crippen LogP contribution < -0.4 is 4.72 Å². The van der Waals surface area contributed by atoms with Crippen molar-refractivity contribution in [1.82, 2.24) is 9.62 Å². The highest BCUT2D eigenvalue weighted by Gasteiger charge is 2.18. The molecule has 1 N–H and O–H groups in total. The summed E-state index contributed by atoms with van der Waals surface area (Å²) in [5, 5.41) is 0. The van der Waals surface area contributed by atoms with Gasteiger partial charge in [-0.2, -0.15) is 0 Å². The first-order chi connectivity index (χ1) is 11.8. The van der Waals surface area contributed by atoms with E-state index < -0.39 is 10.0 Å². The zero-order valence-corrected chi connectivity index (χ0v) is 15.7. The van der Waals surface area contributed by atoms with Crippen molar-refractivity contribution >= 4 is 10.0 Å². The van der Waals surface area contributed by atoms with Crippen LogP contribution in [0.2, 0.25) is 0 Å². The van der Waals surface area contributed by atoms with Crippen LogP contribution in [0.1, 0.15) is 22.7 Å². The quantitative estimate of drug-likeness (QED) is 0.784. The summed E-state index contributed by atoms with van der Waals surface area (Å²) < 4.78 is 40.8.